The van der Waals surface area contributed by atoms with E-state index >= 15 is 0 Å². The summed E-state index contributed by atoms with van der Waals surface area (Å²) in [6, 6.07) is 0. The van der Waals surface area contributed by atoms with Crippen molar-refractivity contribution in [2.45, 2.75) is 39.7 Å². The van der Waals surface area contributed by atoms with Gasteiger partial charge in [0, 0.05) is 0 Å². The van der Waals surface area contributed by atoms with Gasteiger partial charge in [-0.2, -0.15) is 0 Å². The van der Waals surface area contributed by atoms with Gasteiger partial charge in [0.05, 0.1) is 0 Å². The molecule has 0 bridgehead atoms. The number of carboxylic acid groups (broad SMARTS) is 1. The number of carbonyl (C=O) groups excluding carboxylic acids is 1. The number of aliphatic carboxylic acids is 1. The minimum absolute atomic E-state index is 0. The summed E-state index contributed by atoms with van der Waals surface area (Å²) in [5.74, 6) is -3.00. The van der Waals surface area contributed by atoms with Crippen LogP contribution in [0.25, 0.3) is 0 Å². The number of rotatable bonds is 5. The highest BCUT2D eigenvalue weighted by atomic mass is 16.6. The molecule has 0 spiro atoms. The third-order valence-corrected chi connectivity index (χ3v) is 2.03. The minimum Gasteiger partial charge on any atom is -0.481 e. The summed E-state index contributed by atoms with van der Waals surface area (Å²) in [6.45, 7) is 7.27. The van der Waals surface area contributed by atoms with Crippen molar-refractivity contribution < 1.29 is 24.9 Å². The maximum atomic E-state index is 11.6. The first-order valence-corrected chi connectivity index (χ1v) is 5.33. The van der Waals surface area contributed by atoms with E-state index in [2.05, 4.69) is 0 Å². The monoisotopic (exact) mass is 249 g/mol. The Labute approximate surface area is 101 Å². The summed E-state index contributed by atoms with van der Waals surface area (Å²) in [5, 5.41) is 8.94. The van der Waals surface area contributed by atoms with E-state index in [1.165, 1.54) is 0 Å². The van der Waals surface area contributed by atoms with Crippen LogP contribution in [0.5, 0.6) is 0 Å². The van der Waals surface area contributed by atoms with Crippen LogP contribution in [0.2, 0.25) is 0 Å². The molecular formula is C11H23NO5. The molecule has 2 atom stereocenters. The molecule has 0 saturated heterocycles. The van der Waals surface area contributed by atoms with Crippen LogP contribution in [0.3, 0.4) is 0 Å². The zero-order valence-electron chi connectivity index (χ0n) is 10.8. The van der Waals surface area contributed by atoms with Crippen molar-refractivity contribution >= 4 is 11.9 Å². The zero-order chi connectivity index (χ0) is 12.9. The summed E-state index contributed by atoms with van der Waals surface area (Å²) in [6.07, 6.45) is 0.209. The van der Waals surface area contributed by atoms with Crippen LogP contribution in [0, 0.1) is 11.8 Å². The van der Waals surface area contributed by atoms with E-state index in [4.69, 9.17) is 15.6 Å². The van der Waals surface area contributed by atoms with E-state index in [0.717, 1.165) is 0 Å². The Bertz CT molecular complexity index is 259. The highest BCUT2D eigenvalue weighted by Gasteiger charge is 2.32. The van der Waals surface area contributed by atoms with Crippen molar-refractivity contribution in [1.82, 2.24) is 0 Å². The van der Waals surface area contributed by atoms with E-state index < -0.39 is 23.5 Å². The molecule has 0 radical (unpaired) electrons. The van der Waals surface area contributed by atoms with Crippen molar-refractivity contribution in [3.05, 3.63) is 0 Å². The smallest absolute Gasteiger partial charge is 0.320 e. The van der Waals surface area contributed by atoms with Crippen LogP contribution in [-0.4, -0.2) is 34.7 Å². The van der Waals surface area contributed by atoms with Gasteiger partial charge in [0.15, 0.2) is 5.92 Å². The molecule has 0 amide bonds. The number of carboxylic acids is 1. The molecule has 2 unspecified atom stereocenters. The van der Waals surface area contributed by atoms with Gasteiger partial charge in [-0.3, -0.25) is 9.59 Å². The SMILES string of the molecule is CC(CN)CC(C(=O)O)C(=O)OC(C)(C)C.O. The van der Waals surface area contributed by atoms with Crippen molar-refractivity contribution in [2.24, 2.45) is 17.6 Å². The van der Waals surface area contributed by atoms with Crippen molar-refractivity contribution in [3.63, 3.8) is 0 Å². The lowest BCUT2D eigenvalue weighted by Gasteiger charge is -2.23. The Balaban J connectivity index is 0. The molecular weight excluding hydrogens is 226 g/mol. The van der Waals surface area contributed by atoms with Crippen molar-refractivity contribution in [1.29, 1.82) is 0 Å². The van der Waals surface area contributed by atoms with Crippen molar-refractivity contribution in [2.75, 3.05) is 6.54 Å². The van der Waals surface area contributed by atoms with Gasteiger partial charge in [0.1, 0.15) is 5.60 Å². The van der Waals surface area contributed by atoms with Gasteiger partial charge in [0.2, 0.25) is 0 Å². The van der Waals surface area contributed by atoms with Gasteiger partial charge >= 0.3 is 11.9 Å². The number of hydrogen-bond acceptors (Lipinski definition) is 4. The van der Waals surface area contributed by atoms with Crippen LogP contribution in [0.1, 0.15) is 34.1 Å². The largest absolute Gasteiger partial charge is 0.481 e. The fraction of sp³-hybridized carbons (Fsp3) is 0.818. The first-order valence-electron chi connectivity index (χ1n) is 5.33. The quantitative estimate of drug-likeness (QED) is 0.532. The van der Waals surface area contributed by atoms with Crippen LogP contribution >= 0.6 is 0 Å². The van der Waals surface area contributed by atoms with Crippen LogP contribution in [-0.2, 0) is 14.3 Å². The molecule has 0 saturated carbocycles. The molecule has 17 heavy (non-hydrogen) atoms. The van der Waals surface area contributed by atoms with Crippen LogP contribution in [0.4, 0.5) is 0 Å². The molecule has 6 heteroatoms. The average molecular weight is 249 g/mol. The topological polar surface area (TPSA) is 121 Å². The lowest BCUT2D eigenvalue weighted by atomic mass is 9.96. The molecule has 0 aromatic carbocycles. The molecule has 0 aliphatic carbocycles. The summed E-state index contributed by atoms with van der Waals surface area (Å²) in [5.41, 5.74) is 4.73. The molecule has 0 aromatic heterocycles. The molecule has 0 aliphatic rings. The second-order valence-electron chi connectivity index (χ2n) is 5.00. The van der Waals surface area contributed by atoms with Gasteiger partial charge < -0.3 is 21.1 Å². The fourth-order valence-electron chi connectivity index (χ4n) is 1.17. The molecule has 0 heterocycles. The zero-order valence-corrected chi connectivity index (χ0v) is 10.8. The van der Waals surface area contributed by atoms with Gasteiger partial charge in [-0.15, -0.1) is 0 Å². The molecule has 102 valence electrons. The molecule has 0 rings (SSSR count). The second-order valence-corrected chi connectivity index (χ2v) is 5.00. The number of esters is 1. The number of ether oxygens (including phenoxy) is 1. The molecule has 5 N–H and O–H groups in total. The van der Waals surface area contributed by atoms with E-state index in [1.807, 2.05) is 0 Å². The summed E-state index contributed by atoms with van der Waals surface area (Å²) < 4.78 is 5.05. The third kappa shape index (κ3) is 7.70. The Morgan fingerprint density at radius 1 is 1.35 bits per heavy atom. The van der Waals surface area contributed by atoms with Gasteiger partial charge in [-0.25, -0.2) is 0 Å². The van der Waals surface area contributed by atoms with E-state index in [1.54, 1.807) is 27.7 Å². The Kier molecular flexibility index (Phi) is 7.76. The number of carbonyl (C=O) groups is 2. The van der Waals surface area contributed by atoms with E-state index in [9.17, 15) is 9.59 Å². The Hall–Kier alpha value is -1.14. The summed E-state index contributed by atoms with van der Waals surface area (Å²) in [7, 11) is 0. The molecule has 0 fully saturated rings. The highest BCUT2D eigenvalue weighted by molar-refractivity contribution is 5.94. The van der Waals surface area contributed by atoms with Crippen molar-refractivity contribution in [3.8, 4) is 0 Å². The highest BCUT2D eigenvalue weighted by Crippen LogP contribution is 2.17. The molecule has 0 aliphatic heterocycles. The average Bonchev–Trinajstić information content (AvgIpc) is 2.09. The Morgan fingerprint density at radius 2 is 1.82 bits per heavy atom. The third-order valence-electron chi connectivity index (χ3n) is 2.03. The normalized spacial score (nSPS) is 14.4. The van der Waals surface area contributed by atoms with E-state index in [-0.39, 0.29) is 17.8 Å². The van der Waals surface area contributed by atoms with Gasteiger partial charge in [0.25, 0.3) is 0 Å². The van der Waals surface area contributed by atoms with Crippen LogP contribution in [0.15, 0.2) is 0 Å². The maximum Gasteiger partial charge on any atom is 0.320 e. The first-order chi connectivity index (χ1) is 7.17. The summed E-state index contributed by atoms with van der Waals surface area (Å²) >= 11 is 0. The predicted molar refractivity (Wildman–Crippen MR) is 63.4 cm³/mol. The standard InChI is InChI=1S/C11H21NO4.H2O/c1-7(6-12)5-8(9(13)14)10(15)16-11(2,3)4;/h7-8H,5-6,12H2,1-4H3,(H,13,14);1H2. The van der Waals surface area contributed by atoms with E-state index in [0.29, 0.717) is 6.54 Å². The maximum absolute atomic E-state index is 11.6. The number of hydrogen-bond donors (Lipinski definition) is 2. The number of nitrogens with two attached hydrogens (primary N) is 1. The lowest BCUT2D eigenvalue weighted by molar-refractivity contribution is -0.167. The second kappa shape index (κ2) is 7.24. The molecule has 6 nitrogen and oxygen atoms in total. The minimum atomic E-state index is -1.16. The van der Waals surface area contributed by atoms with Gasteiger partial charge in [-0.1, -0.05) is 6.92 Å². The molecule has 0 aromatic rings. The fourth-order valence-corrected chi connectivity index (χ4v) is 1.17. The predicted octanol–water partition coefficient (Wildman–Crippen LogP) is 0.189. The Morgan fingerprint density at radius 3 is 2.12 bits per heavy atom. The summed E-state index contributed by atoms with van der Waals surface area (Å²) in [4.78, 5) is 22.5. The lowest BCUT2D eigenvalue weighted by Crippen LogP contribution is -2.34. The first kappa shape index (κ1) is 18.2. The van der Waals surface area contributed by atoms with Gasteiger partial charge in [-0.05, 0) is 39.7 Å². The van der Waals surface area contributed by atoms with Crippen LogP contribution < -0.4 is 5.73 Å².